The molecule has 1 aliphatic heterocycles. The second-order valence-corrected chi connectivity index (χ2v) is 17.9. The first kappa shape index (κ1) is 56.9. The summed E-state index contributed by atoms with van der Waals surface area (Å²) in [6.45, 7) is 3.34. The molecule has 1 heterocycles. The average molecular weight is 858 g/mol. The minimum absolute atomic E-state index is 0.261. The molecule has 0 spiro atoms. The van der Waals surface area contributed by atoms with Crippen LogP contribution < -0.4 is 5.32 Å². The van der Waals surface area contributed by atoms with Crippen molar-refractivity contribution in [3.8, 4) is 0 Å². The van der Waals surface area contributed by atoms with Gasteiger partial charge in [-0.3, -0.25) is 4.79 Å². The third kappa shape index (κ3) is 28.5. The van der Waals surface area contributed by atoms with E-state index in [1.54, 1.807) is 0 Å². The smallest absolute Gasteiger partial charge is 0.249 e. The number of nitrogens with one attached hydrogen (secondary N) is 1. The molecule has 0 aromatic rings. The van der Waals surface area contributed by atoms with Crippen LogP contribution in [0.25, 0.3) is 0 Å². The van der Waals surface area contributed by atoms with Crippen molar-refractivity contribution in [3.05, 3.63) is 12.2 Å². The molecule has 1 aliphatic rings. The Morgan fingerprint density at radius 3 is 1.40 bits per heavy atom. The predicted octanol–water partition coefficient (Wildman–Crippen LogP) is 8.84. The maximum Gasteiger partial charge on any atom is 0.249 e. The van der Waals surface area contributed by atoms with Gasteiger partial charge in [0, 0.05) is 0 Å². The van der Waals surface area contributed by atoms with Gasteiger partial charge in [0.05, 0.1) is 25.4 Å². The summed E-state index contributed by atoms with van der Waals surface area (Å²) in [5.74, 6) is -0.701. The van der Waals surface area contributed by atoms with Crippen LogP contribution in [-0.2, 0) is 14.3 Å². The van der Waals surface area contributed by atoms with Gasteiger partial charge in [-0.05, 0) is 38.5 Å². The first-order valence-electron chi connectivity index (χ1n) is 25.1. The summed E-state index contributed by atoms with van der Waals surface area (Å²) in [5, 5.41) is 75.1. The van der Waals surface area contributed by atoms with Crippen LogP contribution in [0.5, 0.6) is 0 Å². The van der Waals surface area contributed by atoms with Gasteiger partial charge in [-0.25, -0.2) is 0 Å². The van der Waals surface area contributed by atoms with E-state index in [0.29, 0.717) is 19.3 Å². The Bertz CT molecular complexity index is 986. The second kappa shape index (κ2) is 39.4. The molecule has 0 bridgehead atoms. The summed E-state index contributed by atoms with van der Waals surface area (Å²) >= 11 is 0. The number of aliphatic hydroxyl groups excluding tert-OH is 7. The Labute approximate surface area is 366 Å². The maximum absolute atomic E-state index is 13.0. The molecule has 356 valence electrons. The van der Waals surface area contributed by atoms with Gasteiger partial charge in [-0.1, -0.05) is 199 Å². The molecule has 0 aromatic carbocycles. The van der Waals surface area contributed by atoms with Gasteiger partial charge in [-0.2, -0.15) is 0 Å². The SMILES string of the molecule is CCCCCCCCCCCCCC/C=C\CCCCCCCCCCCCCCC(O)C(=O)NC(COC1OC(CO)C(O)C(O)C1O)C(O)C(O)CCCCCCC. The van der Waals surface area contributed by atoms with Crippen molar-refractivity contribution in [1.82, 2.24) is 5.32 Å². The number of hydrogen-bond donors (Lipinski definition) is 8. The highest BCUT2D eigenvalue weighted by molar-refractivity contribution is 5.80. The summed E-state index contributed by atoms with van der Waals surface area (Å²) in [7, 11) is 0. The number of ether oxygens (including phenoxy) is 2. The highest BCUT2D eigenvalue weighted by Gasteiger charge is 2.44. The fraction of sp³-hybridized carbons (Fsp3) is 0.939. The lowest BCUT2D eigenvalue weighted by Gasteiger charge is -2.40. The molecule has 0 aliphatic carbocycles. The van der Waals surface area contributed by atoms with Gasteiger partial charge in [-0.15, -0.1) is 0 Å². The van der Waals surface area contributed by atoms with Gasteiger partial charge in [0.15, 0.2) is 6.29 Å². The Kier molecular flexibility index (Phi) is 37.4. The van der Waals surface area contributed by atoms with Crippen LogP contribution in [0.15, 0.2) is 12.2 Å². The minimum Gasteiger partial charge on any atom is -0.394 e. The third-order valence-electron chi connectivity index (χ3n) is 12.3. The van der Waals surface area contributed by atoms with Crippen molar-refractivity contribution in [2.24, 2.45) is 0 Å². The first-order valence-corrected chi connectivity index (χ1v) is 25.1. The van der Waals surface area contributed by atoms with Gasteiger partial charge in [0.1, 0.15) is 36.6 Å². The van der Waals surface area contributed by atoms with Crippen molar-refractivity contribution in [3.63, 3.8) is 0 Å². The Morgan fingerprint density at radius 2 is 0.967 bits per heavy atom. The molecule has 0 radical (unpaired) electrons. The number of rotatable bonds is 42. The van der Waals surface area contributed by atoms with E-state index in [-0.39, 0.29) is 6.42 Å². The van der Waals surface area contributed by atoms with Gasteiger partial charge in [0.2, 0.25) is 5.91 Å². The van der Waals surface area contributed by atoms with Crippen LogP contribution >= 0.6 is 0 Å². The number of carbonyl (C=O) groups excluding carboxylic acids is 1. The number of allylic oxidation sites excluding steroid dienone is 2. The maximum atomic E-state index is 13.0. The van der Waals surface area contributed by atoms with Crippen LogP contribution in [0.4, 0.5) is 0 Å². The molecule has 60 heavy (non-hydrogen) atoms. The van der Waals surface area contributed by atoms with Crippen LogP contribution in [0.1, 0.15) is 226 Å². The molecule has 11 nitrogen and oxygen atoms in total. The van der Waals surface area contributed by atoms with Crippen LogP contribution in [0.2, 0.25) is 0 Å². The van der Waals surface area contributed by atoms with Gasteiger partial charge < -0.3 is 50.5 Å². The number of unbranched alkanes of at least 4 members (excludes halogenated alkanes) is 28. The average Bonchev–Trinajstić information content (AvgIpc) is 3.25. The molecule has 0 saturated carbocycles. The Hall–Kier alpha value is -1.15. The minimum atomic E-state index is -1.66. The van der Waals surface area contributed by atoms with E-state index >= 15 is 0 Å². The molecular formula is C49H95NO10. The lowest BCUT2D eigenvalue weighted by molar-refractivity contribution is -0.303. The topological polar surface area (TPSA) is 189 Å². The zero-order chi connectivity index (χ0) is 44.1. The summed E-state index contributed by atoms with van der Waals surface area (Å²) in [4.78, 5) is 13.0. The van der Waals surface area contributed by atoms with Crippen LogP contribution in [-0.4, -0.2) is 110 Å². The van der Waals surface area contributed by atoms with E-state index in [9.17, 15) is 40.5 Å². The largest absolute Gasteiger partial charge is 0.394 e. The third-order valence-corrected chi connectivity index (χ3v) is 12.3. The van der Waals surface area contributed by atoms with Gasteiger partial charge >= 0.3 is 0 Å². The molecule has 1 fully saturated rings. The number of hydrogen-bond acceptors (Lipinski definition) is 10. The van der Waals surface area contributed by atoms with Crippen LogP contribution in [0, 0.1) is 0 Å². The first-order chi connectivity index (χ1) is 29.2. The molecule has 9 atom stereocenters. The van der Waals surface area contributed by atoms with E-state index in [0.717, 1.165) is 44.9 Å². The second-order valence-electron chi connectivity index (χ2n) is 17.9. The van der Waals surface area contributed by atoms with Crippen molar-refractivity contribution < 1.29 is 50.0 Å². The molecule has 1 saturated heterocycles. The normalized spacial score (nSPS) is 21.6. The number of aliphatic hydroxyl groups is 7. The fourth-order valence-corrected chi connectivity index (χ4v) is 8.14. The lowest BCUT2D eigenvalue weighted by Crippen LogP contribution is -2.60. The fourth-order valence-electron chi connectivity index (χ4n) is 8.14. The molecule has 11 heteroatoms. The van der Waals surface area contributed by atoms with Crippen molar-refractivity contribution in [1.29, 1.82) is 0 Å². The van der Waals surface area contributed by atoms with Crippen molar-refractivity contribution in [2.45, 2.75) is 281 Å². The zero-order valence-electron chi connectivity index (χ0n) is 38.5. The molecule has 8 N–H and O–H groups in total. The predicted molar refractivity (Wildman–Crippen MR) is 243 cm³/mol. The lowest BCUT2D eigenvalue weighted by atomic mass is 9.98. The number of carbonyl (C=O) groups is 1. The van der Waals surface area contributed by atoms with E-state index in [1.165, 1.54) is 141 Å². The Balaban J connectivity index is 2.16. The quantitative estimate of drug-likeness (QED) is 0.0218. The van der Waals surface area contributed by atoms with Crippen molar-refractivity contribution >= 4 is 5.91 Å². The van der Waals surface area contributed by atoms with E-state index < -0.39 is 74.2 Å². The highest BCUT2D eigenvalue weighted by Crippen LogP contribution is 2.23. The summed E-state index contributed by atoms with van der Waals surface area (Å²) < 4.78 is 11.0. The summed E-state index contributed by atoms with van der Waals surface area (Å²) in [6, 6.07) is -1.16. The van der Waals surface area contributed by atoms with E-state index in [2.05, 4.69) is 31.3 Å². The zero-order valence-corrected chi connectivity index (χ0v) is 38.5. The standard InChI is InChI=1S/C49H95NO10/c1-3-5-7-9-10-11-12-13-14-15-16-17-18-19-20-21-22-23-24-25-26-27-28-29-30-31-33-35-37-42(53)48(58)50-40(44(54)41(52)36-34-32-8-6-4-2)39-59-49-47(57)46(56)45(55)43(38-51)60-49/h19-20,40-47,49,51-57H,3-18,21-39H2,1-2H3,(H,50,58)/b20-19-. The summed E-state index contributed by atoms with van der Waals surface area (Å²) in [5.41, 5.74) is 0. The molecule has 9 unspecified atom stereocenters. The monoisotopic (exact) mass is 858 g/mol. The van der Waals surface area contributed by atoms with Gasteiger partial charge in [0.25, 0.3) is 0 Å². The molecule has 1 amide bonds. The molecular weight excluding hydrogens is 763 g/mol. The van der Waals surface area contributed by atoms with Crippen molar-refractivity contribution in [2.75, 3.05) is 13.2 Å². The summed E-state index contributed by atoms with van der Waals surface area (Å²) in [6.07, 6.45) is 32.1. The highest BCUT2D eigenvalue weighted by atomic mass is 16.7. The van der Waals surface area contributed by atoms with Crippen LogP contribution in [0.3, 0.4) is 0 Å². The number of amides is 1. The Morgan fingerprint density at radius 1 is 0.567 bits per heavy atom. The molecule has 0 aromatic heterocycles. The van der Waals surface area contributed by atoms with E-state index in [1.807, 2.05) is 0 Å². The van der Waals surface area contributed by atoms with E-state index in [4.69, 9.17) is 9.47 Å². The molecule has 1 rings (SSSR count).